The van der Waals surface area contributed by atoms with Gasteiger partial charge in [0.1, 0.15) is 35.3 Å². The summed E-state index contributed by atoms with van der Waals surface area (Å²) in [4.78, 5) is 4.19. The smallest absolute Gasteiger partial charge is 0.493 e. The molecule has 198 valence electrons. The highest BCUT2D eigenvalue weighted by atomic mass is 19.4. The molecule has 6 nitrogen and oxygen atoms in total. The van der Waals surface area contributed by atoms with E-state index < -0.39 is 28.5 Å². The fourth-order valence-electron chi connectivity index (χ4n) is 4.68. The number of allylic oxidation sites excluding steroid dienone is 1. The first-order valence-corrected chi connectivity index (χ1v) is 11.7. The zero-order valence-electron chi connectivity index (χ0n) is 21.9. The average Bonchev–Trinajstić information content (AvgIpc) is 3.26. The van der Waals surface area contributed by atoms with E-state index in [0.717, 1.165) is 0 Å². The monoisotopic (exact) mass is 507 g/mol. The van der Waals surface area contributed by atoms with Crippen LogP contribution in [0.3, 0.4) is 0 Å². The van der Waals surface area contributed by atoms with Crippen LogP contribution in [0, 0.1) is 17.8 Å². The molecule has 1 aromatic heterocycles. The Hall–Kier alpha value is -2.99. The minimum absolute atomic E-state index is 0.197. The van der Waals surface area contributed by atoms with Crippen molar-refractivity contribution in [3.63, 3.8) is 0 Å². The lowest BCUT2D eigenvalue weighted by Crippen LogP contribution is -2.66. The summed E-state index contributed by atoms with van der Waals surface area (Å²) < 4.78 is 56.0. The number of hydrogen-bond donors (Lipinski definition) is 0. The third kappa shape index (κ3) is 6.82. The molecule has 2 atom stereocenters. The Bertz CT molecular complexity index is 1020. The number of aromatic nitrogens is 3. The van der Waals surface area contributed by atoms with Gasteiger partial charge in [0.2, 0.25) is 0 Å². The molecule has 0 bridgehead atoms. The lowest BCUT2D eigenvalue weighted by atomic mass is 9.60. The summed E-state index contributed by atoms with van der Waals surface area (Å²) in [6.45, 7) is 16.4. The van der Waals surface area contributed by atoms with Crippen LogP contribution in [0.2, 0.25) is 0 Å². The maximum atomic E-state index is 12.5. The molecule has 36 heavy (non-hydrogen) atoms. The number of alkyl halides is 3. The van der Waals surface area contributed by atoms with Crippen molar-refractivity contribution >= 4 is 0 Å². The minimum atomic E-state index is -4.76. The molecule has 0 N–H and O–H groups in total. The SMILES string of the molecule is C#CCC(OC(C)(C)C)(C(C)(C)C)C(CC=C)(CCOc1ccc(OC(F)(F)F)cc1)n1cncn1. The lowest BCUT2D eigenvalue weighted by Gasteiger charge is -2.58. The zero-order valence-corrected chi connectivity index (χ0v) is 21.9. The van der Waals surface area contributed by atoms with Gasteiger partial charge in [-0.3, -0.25) is 0 Å². The van der Waals surface area contributed by atoms with Crippen LogP contribution in [0.25, 0.3) is 0 Å². The first-order valence-electron chi connectivity index (χ1n) is 11.7. The van der Waals surface area contributed by atoms with Crippen LogP contribution >= 0.6 is 0 Å². The van der Waals surface area contributed by atoms with Gasteiger partial charge in [-0.25, -0.2) is 9.67 Å². The molecule has 0 aliphatic rings. The number of rotatable bonds is 11. The summed E-state index contributed by atoms with van der Waals surface area (Å²) in [5.41, 5.74) is -2.78. The van der Waals surface area contributed by atoms with Gasteiger partial charge in [-0.15, -0.1) is 32.1 Å². The number of ether oxygens (including phenoxy) is 3. The maximum absolute atomic E-state index is 12.5. The molecule has 0 aliphatic carbocycles. The highest BCUT2D eigenvalue weighted by Crippen LogP contribution is 2.53. The highest BCUT2D eigenvalue weighted by molar-refractivity contribution is 5.31. The van der Waals surface area contributed by atoms with Gasteiger partial charge in [-0.2, -0.15) is 5.10 Å². The second kappa shape index (κ2) is 11.0. The van der Waals surface area contributed by atoms with E-state index in [1.165, 1.54) is 30.6 Å². The Morgan fingerprint density at radius 3 is 2.11 bits per heavy atom. The summed E-state index contributed by atoms with van der Waals surface area (Å²) in [6, 6.07) is 5.27. The third-order valence-electron chi connectivity index (χ3n) is 5.98. The van der Waals surface area contributed by atoms with E-state index in [2.05, 4.69) is 48.1 Å². The molecule has 0 spiro atoms. The Morgan fingerprint density at radius 1 is 1.06 bits per heavy atom. The van der Waals surface area contributed by atoms with Crippen molar-refractivity contribution in [3.8, 4) is 23.8 Å². The van der Waals surface area contributed by atoms with Crippen LogP contribution in [-0.2, 0) is 10.3 Å². The molecule has 9 heteroatoms. The number of terminal acetylenes is 1. The topological polar surface area (TPSA) is 58.4 Å². The van der Waals surface area contributed by atoms with E-state index in [-0.39, 0.29) is 18.8 Å². The van der Waals surface area contributed by atoms with E-state index in [1.807, 2.05) is 20.8 Å². The molecule has 2 rings (SSSR count). The van der Waals surface area contributed by atoms with Gasteiger partial charge >= 0.3 is 6.36 Å². The molecular weight excluding hydrogens is 471 g/mol. The van der Waals surface area contributed by atoms with Crippen molar-refractivity contribution < 1.29 is 27.4 Å². The second-order valence-corrected chi connectivity index (χ2v) is 10.7. The Morgan fingerprint density at radius 2 is 1.67 bits per heavy atom. The van der Waals surface area contributed by atoms with Crippen LogP contribution < -0.4 is 9.47 Å². The molecule has 1 aromatic carbocycles. The van der Waals surface area contributed by atoms with Crippen LogP contribution in [0.15, 0.2) is 49.6 Å². The molecular formula is C27H36F3N3O3. The van der Waals surface area contributed by atoms with E-state index >= 15 is 0 Å². The predicted molar refractivity (Wildman–Crippen MR) is 133 cm³/mol. The van der Waals surface area contributed by atoms with Gasteiger partial charge in [0, 0.05) is 12.8 Å². The van der Waals surface area contributed by atoms with Crippen molar-refractivity contribution in [3.05, 3.63) is 49.6 Å². The zero-order chi connectivity index (χ0) is 27.3. The van der Waals surface area contributed by atoms with Gasteiger partial charge in [-0.05, 0) is 56.9 Å². The van der Waals surface area contributed by atoms with Crippen molar-refractivity contribution in [1.82, 2.24) is 14.8 Å². The van der Waals surface area contributed by atoms with Gasteiger partial charge in [0.25, 0.3) is 0 Å². The summed E-state index contributed by atoms with van der Waals surface area (Å²) in [5.74, 6) is 2.90. The highest BCUT2D eigenvalue weighted by Gasteiger charge is 2.61. The molecule has 0 fully saturated rings. The van der Waals surface area contributed by atoms with Gasteiger partial charge in [-0.1, -0.05) is 26.8 Å². The van der Waals surface area contributed by atoms with E-state index in [1.54, 1.807) is 17.1 Å². The summed E-state index contributed by atoms with van der Waals surface area (Å²) in [7, 11) is 0. The molecule has 0 saturated carbocycles. The maximum Gasteiger partial charge on any atom is 0.573 e. The molecule has 1 heterocycles. The van der Waals surface area contributed by atoms with Crippen molar-refractivity contribution in [2.24, 2.45) is 5.41 Å². The fraction of sp³-hybridized carbons (Fsp3) is 0.556. The van der Waals surface area contributed by atoms with Crippen LogP contribution in [0.4, 0.5) is 13.2 Å². The Kier molecular flexibility index (Phi) is 8.90. The minimum Gasteiger partial charge on any atom is -0.493 e. The van der Waals surface area contributed by atoms with Crippen LogP contribution in [0.1, 0.15) is 60.8 Å². The van der Waals surface area contributed by atoms with Gasteiger partial charge < -0.3 is 14.2 Å². The number of nitrogens with zero attached hydrogens (tertiary/aromatic N) is 3. The fourth-order valence-corrected chi connectivity index (χ4v) is 4.68. The second-order valence-electron chi connectivity index (χ2n) is 10.7. The molecule has 2 unspecified atom stereocenters. The van der Waals surface area contributed by atoms with Crippen molar-refractivity contribution in [1.29, 1.82) is 0 Å². The third-order valence-corrected chi connectivity index (χ3v) is 5.98. The molecule has 0 radical (unpaired) electrons. The molecule has 0 amide bonds. The van der Waals surface area contributed by atoms with Gasteiger partial charge in [0.05, 0.1) is 12.2 Å². The first-order chi connectivity index (χ1) is 16.6. The first kappa shape index (κ1) is 29.2. The van der Waals surface area contributed by atoms with Crippen LogP contribution in [0.5, 0.6) is 11.5 Å². The van der Waals surface area contributed by atoms with Crippen molar-refractivity contribution in [2.45, 2.75) is 83.9 Å². The largest absolute Gasteiger partial charge is 0.573 e. The van der Waals surface area contributed by atoms with E-state index in [9.17, 15) is 13.2 Å². The molecule has 2 aromatic rings. The number of benzene rings is 1. The standard InChI is InChI=1S/C27H36F3N3O3/c1-9-15-25(33-20-31-19-32-33,26(16-10-2,23(3,4)5)36-24(6,7)8)17-18-34-21-11-13-22(14-12-21)35-27(28,29)30/h2,9,11-14,19-20H,1,15-18H2,3-8H3. The summed E-state index contributed by atoms with van der Waals surface area (Å²) >= 11 is 0. The average molecular weight is 508 g/mol. The van der Waals surface area contributed by atoms with E-state index in [0.29, 0.717) is 18.6 Å². The summed E-state index contributed by atoms with van der Waals surface area (Å²) in [6.07, 6.45) is 7.20. The number of hydrogen-bond acceptors (Lipinski definition) is 5. The van der Waals surface area contributed by atoms with Gasteiger partial charge in [0.15, 0.2) is 0 Å². The summed E-state index contributed by atoms with van der Waals surface area (Å²) in [5, 5.41) is 4.50. The molecule has 0 aliphatic heterocycles. The Balaban J connectivity index is 2.50. The molecule has 0 saturated heterocycles. The quantitative estimate of drug-likeness (QED) is 0.255. The van der Waals surface area contributed by atoms with Crippen molar-refractivity contribution in [2.75, 3.05) is 6.61 Å². The lowest BCUT2D eigenvalue weighted by molar-refractivity contribution is -0.274. The Labute approximate surface area is 211 Å². The predicted octanol–water partition coefficient (Wildman–Crippen LogP) is 6.54. The van der Waals surface area contributed by atoms with E-state index in [4.69, 9.17) is 15.9 Å². The normalized spacial score (nSPS) is 15.9. The number of halogens is 3. The van der Waals surface area contributed by atoms with Crippen LogP contribution in [-0.4, -0.2) is 38.9 Å².